The van der Waals surface area contributed by atoms with Crippen LogP contribution >= 0.6 is 7.82 Å². The van der Waals surface area contributed by atoms with Gasteiger partial charge < -0.3 is 29.7 Å². The highest BCUT2D eigenvalue weighted by Crippen LogP contribution is 2.43. The largest absolute Gasteiger partial charge is 0.472 e. The van der Waals surface area contributed by atoms with Crippen molar-refractivity contribution in [2.45, 2.75) is 193 Å². The Morgan fingerprint density at radius 3 is 1.79 bits per heavy atom. The van der Waals surface area contributed by atoms with Crippen molar-refractivity contribution < 1.29 is 52.9 Å². The molecule has 56 heavy (non-hydrogen) atoms. The molecule has 0 spiro atoms. The zero-order chi connectivity index (χ0) is 41.4. The van der Waals surface area contributed by atoms with Crippen molar-refractivity contribution in [3.8, 4) is 0 Å². The van der Waals surface area contributed by atoms with Crippen LogP contribution in [0.15, 0.2) is 48.6 Å². The first-order valence-electron chi connectivity index (χ1n) is 21.7. The number of unbranched alkanes of at least 4 members (excludes halogenated alkanes) is 17. The Bertz CT molecular complexity index is 1090. The van der Waals surface area contributed by atoms with E-state index in [-0.39, 0.29) is 19.4 Å². The van der Waals surface area contributed by atoms with Gasteiger partial charge in [-0.1, -0.05) is 152 Å². The minimum Gasteiger partial charge on any atom is -0.462 e. The van der Waals surface area contributed by atoms with Crippen molar-refractivity contribution in [3.63, 3.8) is 0 Å². The molecule has 0 saturated heterocycles. The van der Waals surface area contributed by atoms with Gasteiger partial charge in [0, 0.05) is 12.8 Å². The van der Waals surface area contributed by atoms with Crippen LogP contribution in [0.2, 0.25) is 0 Å². The molecule has 0 aliphatic heterocycles. The summed E-state index contributed by atoms with van der Waals surface area (Å²) in [5.41, 5.74) is 0. The number of aliphatic hydroxyl groups is 3. The number of esters is 2. The molecule has 0 saturated carbocycles. The van der Waals surface area contributed by atoms with Gasteiger partial charge in [0.05, 0.1) is 25.9 Å². The van der Waals surface area contributed by atoms with Crippen LogP contribution in [0.3, 0.4) is 0 Å². The van der Waals surface area contributed by atoms with Gasteiger partial charge in [-0.3, -0.25) is 18.6 Å². The number of hydrogen-bond donors (Lipinski definition) is 4. The average Bonchev–Trinajstić information content (AvgIpc) is 3.18. The molecule has 4 N–H and O–H groups in total. The van der Waals surface area contributed by atoms with Crippen molar-refractivity contribution in [3.05, 3.63) is 48.6 Å². The summed E-state index contributed by atoms with van der Waals surface area (Å²) in [5.74, 6) is -1.01. The maximum atomic E-state index is 12.6. The van der Waals surface area contributed by atoms with E-state index in [0.29, 0.717) is 19.3 Å². The lowest BCUT2D eigenvalue weighted by atomic mass is 10.1. The first kappa shape index (κ1) is 53.9. The van der Waals surface area contributed by atoms with Crippen molar-refractivity contribution >= 4 is 19.8 Å². The number of carbonyl (C=O) groups excluding carboxylic acids is 2. The highest BCUT2D eigenvalue weighted by molar-refractivity contribution is 7.47. The molecular weight excluding hydrogens is 735 g/mol. The zero-order valence-corrected chi connectivity index (χ0v) is 35.8. The summed E-state index contributed by atoms with van der Waals surface area (Å²) >= 11 is 0. The third-order valence-electron chi connectivity index (χ3n) is 9.07. The summed E-state index contributed by atoms with van der Waals surface area (Å²) < 4.78 is 32.6. The molecule has 0 aromatic heterocycles. The van der Waals surface area contributed by atoms with E-state index in [4.69, 9.17) is 19.1 Å². The zero-order valence-electron chi connectivity index (χ0n) is 35.0. The maximum Gasteiger partial charge on any atom is 0.472 e. The first-order chi connectivity index (χ1) is 27.1. The molecule has 0 aromatic rings. The Hall–Kier alpha value is -2.11. The molecule has 326 valence electrons. The second kappa shape index (κ2) is 39.7. The Morgan fingerprint density at radius 1 is 0.625 bits per heavy atom. The average molecular weight is 815 g/mol. The quantitative estimate of drug-likeness (QED) is 0.0153. The standard InChI is InChI=1S/C44H79O11P/c1-3-5-7-9-11-12-13-14-15-16-17-18-19-20-22-26-30-34-43(48)52-38-42(39-54-56(50,51)53-37-41(47)36-45)55-44(49)35-31-27-23-25-29-33-40(46)32-28-24-21-10-8-6-4-2/h6,8,14-15,21,24,28,32,40-42,45-47H,3-5,7,9-13,16-20,22-23,25-27,29-31,33-39H2,1-2H3,(H,50,51)/b8-6+,15-14-,24-21+,32-28+/t40?,41-,42+/m0/s1. The van der Waals surface area contributed by atoms with Gasteiger partial charge in [0.15, 0.2) is 6.10 Å². The summed E-state index contributed by atoms with van der Waals surface area (Å²) in [4.78, 5) is 35.0. The van der Waals surface area contributed by atoms with Crippen molar-refractivity contribution in [1.82, 2.24) is 0 Å². The van der Waals surface area contributed by atoms with E-state index < -0.39 is 57.9 Å². The van der Waals surface area contributed by atoms with E-state index in [2.05, 4.69) is 42.7 Å². The van der Waals surface area contributed by atoms with E-state index in [0.717, 1.165) is 64.2 Å². The predicted molar refractivity (Wildman–Crippen MR) is 225 cm³/mol. The summed E-state index contributed by atoms with van der Waals surface area (Å²) in [6, 6.07) is 0. The van der Waals surface area contributed by atoms with Gasteiger partial charge in [0.25, 0.3) is 0 Å². The fourth-order valence-electron chi connectivity index (χ4n) is 5.70. The Balaban J connectivity index is 4.38. The van der Waals surface area contributed by atoms with E-state index >= 15 is 0 Å². The van der Waals surface area contributed by atoms with Crippen molar-refractivity contribution in [1.29, 1.82) is 0 Å². The van der Waals surface area contributed by atoms with E-state index in [1.54, 1.807) is 6.08 Å². The number of allylic oxidation sites excluding steroid dienone is 7. The Morgan fingerprint density at radius 2 is 1.18 bits per heavy atom. The molecule has 2 unspecified atom stereocenters. The van der Waals surface area contributed by atoms with Crippen LogP contribution in [0.1, 0.15) is 174 Å². The second-order valence-electron chi connectivity index (χ2n) is 14.5. The van der Waals surface area contributed by atoms with Crippen LogP contribution < -0.4 is 0 Å². The van der Waals surface area contributed by atoms with Gasteiger partial charge in [0.2, 0.25) is 0 Å². The summed E-state index contributed by atoms with van der Waals surface area (Å²) in [5, 5.41) is 28.5. The van der Waals surface area contributed by atoms with E-state index in [1.807, 2.05) is 18.2 Å². The molecule has 0 aromatic carbocycles. The lowest BCUT2D eigenvalue weighted by molar-refractivity contribution is -0.161. The second-order valence-corrected chi connectivity index (χ2v) is 16.0. The van der Waals surface area contributed by atoms with Crippen LogP contribution in [-0.4, -0.2) is 76.9 Å². The fraction of sp³-hybridized carbons (Fsp3) is 0.773. The number of carbonyl (C=O) groups is 2. The molecule has 0 rings (SSSR count). The van der Waals surface area contributed by atoms with Gasteiger partial charge >= 0.3 is 19.8 Å². The highest BCUT2D eigenvalue weighted by Gasteiger charge is 2.27. The monoisotopic (exact) mass is 815 g/mol. The molecule has 0 fully saturated rings. The molecule has 0 radical (unpaired) electrons. The van der Waals surface area contributed by atoms with E-state index in [1.165, 1.54) is 64.2 Å². The number of phosphoric acid groups is 1. The SMILES string of the molecule is CC/C=C/C/C=C/C=C/C(O)CCCCCCCC(=O)O[C@H](COC(=O)CCCCCCCCC/C=C\CCCCCCCC)COP(=O)(O)OC[C@@H](O)CO. The van der Waals surface area contributed by atoms with Gasteiger partial charge in [0.1, 0.15) is 12.7 Å². The van der Waals surface area contributed by atoms with Crippen LogP contribution in [-0.2, 0) is 32.7 Å². The molecule has 0 aliphatic carbocycles. The number of aliphatic hydroxyl groups excluding tert-OH is 3. The highest BCUT2D eigenvalue weighted by atomic mass is 31.2. The minimum absolute atomic E-state index is 0.113. The van der Waals surface area contributed by atoms with Crippen LogP contribution in [0.5, 0.6) is 0 Å². The lowest BCUT2D eigenvalue weighted by Crippen LogP contribution is -2.29. The van der Waals surface area contributed by atoms with Crippen LogP contribution in [0.25, 0.3) is 0 Å². The number of ether oxygens (including phenoxy) is 2. The van der Waals surface area contributed by atoms with Crippen LogP contribution in [0, 0.1) is 0 Å². The fourth-order valence-corrected chi connectivity index (χ4v) is 6.49. The smallest absolute Gasteiger partial charge is 0.462 e. The third-order valence-corrected chi connectivity index (χ3v) is 10.0. The normalized spacial score (nSPS) is 14.9. The molecule has 12 heteroatoms. The topological polar surface area (TPSA) is 169 Å². The maximum absolute atomic E-state index is 12.6. The first-order valence-corrected chi connectivity index (χ1v) is 23.2. The third kappa shape index (κ3) is 38.7. The molecule has 0 bridgehead atoms. The van der Waals surface area contributed by atoms with Gasteiger partial charge in [-0.15, -0.1) is 0 Å². The number of phosphoric ester groups is 1. The number of rotatable bonds is 40. The molecule has 4 atom stereocenters. The molecule has 0 amide bonds. The molecule has 0 heterocycles. The van der Waals surface area contributed by atoms with Crippen LogP contribution in [0.4, 0.5) is 0 Å². The number of hydrogen-bond acceptors (Lipinski definition) is 10. The van der Waals surface area contributed by atoms with Crippen molar-refractivity contribution in [2.75, 3.05) is 26.4 Å². The Labute approximate surface area is 339 Å². The molecular formula is C44H79O11P. The van der Waals surface area contributed by atoms with Gasteiger partial charge in [-0.25, -0.2) is 4.57 Å². The lowest BCUT2D eigenvalue weighted by Gasteiger charge is -2.20. The summed E-state index contributed by atoms with van der Waals surface area (Å²) in [6.07, 6.45) is 38.1. The predicted octanol–water partition coefficient (Wildman–Crippen LogP) is 10.3. The minimum atomic E-state index is -4.64. The Kier molecular flexibility index (Phi) is 38.2. The van der Waals surface area contributed by atoms with E-state index in [9.17, 15) is 29.3 Å². The van der Waals surface area contributed by atoms with Gasteiger partial charge in [-0.05, 0) is 57.8 Å². The van der Waals surface area contributed by atoms with Crippen molar-refractivity contribution in [2.24, 2.45) is 0 Å². The summed E-state index contributed by atoms with van der Waals surface area (Å²) in [6.45, 7) is 2.12. The van der Waals surface area contributed by atoms with Gasteiger partial charge in [-0.2, -0.15) is 0 Å². The molecule has 11 nitrogen and oxygen atoms in total. The molecule has 0 aliphatic rings. The summed E-state index contributed by atoms with van der Waals surface area (Å²) in [7, 11) is -4.64.